The molecular formula is C13H22N4. The molecule has 0 saturated heterocycles. The van der Waals surface area contributed by atoms with Gasteiger partial charge in [-0.3, -0.25) is 0 Å². The van der Waals surface area contributed by atoms with Gasteiger partial charge in [-0.2, -0.15) is 0 Å². The molecule has 4 nitrogen and oxygen atoms in total. The third-order valence-electron chi connectivity index (χ3n) is 3.68. The van der Waals surface area contributed by atoms with Crippen LogP contribution in [0.2, 0.25) is 0 Å². The molecular weight excluding hydrogens is 212 g/mol. The van der Waals surface area contributed by atoms with Crippen molar-refractivity contribution in [2.45, 2.75) is 45.4 Å². The first-order valence-electron chi connectivity index (χ1n) is 6.58. The van der Waals surface area contributed by atoms with Crippen LogP contribution in [0, 0.1) is 12.8 Å². The second-order valence-electron chi connectivity index (χ2n) is 4.95. The highest BCUT2D eigenvalue weighted by Gasteiger charge is 2.14. The molecule has 1 aliphatic carbocycles. The minimum atomic E-state index is 0.568. The van der Waals surface area contributed by atoms with Crippen molar-refractivity contribution in [1.29, 1.82) is 0 Å². The fraction of sp³-hybridized carbons (Fsp3) is 0.692. The molecule has 0 spiro atoms. The molecule has 1 aromatic rings. The molecule has 0 radical (unpaired) electrons. The average molecular weight is 234 g/mol. The zero-order valence-corrected chi connectivity index (χ0v) is 10.6. The van der Waals surface area contributed by atoms with Crippen LogP contribution in [-0.4, -0.2) is 16.5 Å². The van der Waals surface area contributed by atoms with E-state index in [1.54, 1.807) is 0 Å². The number of nitrogens with zero attached hydrogens (tertiary/aromatic N) is 2. The summed E-state index contributed by atoms with van der Waals surface area (Å²) >= 11 is 0. The lowest BCUT2D eigenvalue weighted by Gasteiger charge is -2.11. The van der Waals surface area contributed by atoms with Gasteiger partial charge >= 0.3 is 0 Å². The Kier molecular flexibility index (Phi) is 4.18. The number of nitrogens with two attached hydrogens (primary N) is 1. The summed E-state index contributed by atoms with van der Waals surface area (Å²) in [5, 5.41) is 3.35. The minimum absolute atomic E-state index is 0.568. The van der Waals surface area contributed by atoms with Gasteiger partial charge < -0.3 is 11.1 Å². The van der Waals surface area contributed by atoms with Crippen LogP contribution in [0.4, 0.5) is 11.6 Å². The molecule has 1 aromatic heterocycles. The predicted molar refractivity (Wildman–Crippen MR) is 70.9 cm³/mol. The lowest BCUT2D eigenvalue weighted by atomic mass is 10.0. The summed E-state index contributed by atoms with van der Waals surface area (Å²) in [6.45, 7) is 2.93. The summed E-state index contributed by atoms with van der Waals surface area (Å²) in [5.74, 6) is 2.41. The van der Waals surface area contributed by atoms with E-state index in [1.165, 1.54) is 44.9 Å². The average Bonchev–Trinajstić information content (AvgIpc) is 2.83. The first kappa shape index (κ1) is 12.1. The highest BCUT2D eigenvalue weighted by molar-refractivity contribution is 5.53. The Morgan fingerprint density at radius 2 is 2.12 bits per heavy atom. The van der Waals surface area contributed by atoms with Crippen molar-refractivity contribution >= 4 is 11.6 Å². The molecule has 17 heavy (non-hydrogen) atoms. The van der Waals surface area contributed by atoms with Crippen molar-refractivity contribution in [2.24, 2.45) is 5.92 Å². The Morgan fingerprint density at radius 3 is 2.88 bits per heavy atom. The fourth-order valence-corrected chi connectivity index (χ4v) is 2.54. The number of nitrogen functional groups attached to an aromatic ring is 1. The number of hydrogen-bond donors (Lipinski definition) is 2. The molecule has 0 amide bonds. The van der Waals surface area contributed by atoms with Gasteiger partial charge in [0.2, 0.25) is 0 Å². The van der Waals surface area contributed by atoms with E-state index in [-0.39, 0.29) is 0 Å². The van der Waals surface area contributed by atoms with E-state index in [4.69, 9.17) is 5.73 Å². The lowest BCUT2D eigenvalue weighted by molar-refractivity contribution is 0.491. The third-order valence-corrected chi connectivity index (χ3v) is 3.68. The number of nitrogens with one attached hydrogen (secondary N) is 1. The summed E-state index contributed by atoms with van der Waals surface area (Å²) in [4.78, 5) is 8.16. The van der Waals surface area contributed by atoms with Crippen LogP contribution in [0.25, 0.3) is 0 Å². The molecule has 94 valence electrons. The molecule has 3 N–H and O–H groups in total. The van der Waals surface area contributed by atoms with Crippen molar-refractivity contribution in [3.8, 4) is 0 Å². The number of hydrogen-bond acceptors (Lipinski definition) is 4. The standard InChI is InChI=1S/C13H22N4/c1-10-12(14)16-9-17-13(10)15-8-4-7-11-5-2-3-6-11/h9,11H,2-8H2,1H3,(H3,14,15,16,17). The van der Waals surface area contributed by atoms with Crippen LogP contribution in [0.5, 0.6) is 0 Å². The highest BCUT2D eigenvalue weighted by atomic mass is 15.0. The number of rotatable bonds is 5. The predicted octanol–water partition coefficient (Wildman–Crippen LogP) is 2.75. The first-order valence-corrected chi connectivity index (χ1v) is 6.58. The normalized spacial score (nSPS) is 16.3. The third kappa shape index (κ3) is 3.32. The van der Waals surface area contributed by atoms with E-state index in [2.05, 4.69) is 15.3 Å². The van der Waals surface area contributed by atoms with Gasteiger partial charge in [-0.25, -0.2) is 9.97 Å². The number of anilines is 2. The zero-order valence-electron chi connectivity index (χ0n) is 10.6. The summed E-state index contributed by atoms with van der Waals surface area (Å²) in [6, 6.07) is 0. The second-order valence-corrected chi connectivity index (χ2v) is 4.95. The Morgan fingerprint density at radius 1 is 1.35 bits per heavy atom. The largest absolute Gasteiger partial charge is 0.383 e. The van der Waals surface area contributed by atoms with Gasteiger partial charge in [0.05, 0.1) is 0 Å². The topological polar surface area (TPSA) is 63.8 Å². The fourth-order valence-electron chi connectivity index (χ4n) is 2.54. The van der Waals surface area contributed by atoms with Crippen molar-refractivity contribution in [2.75, 3.05) is 17.6 Å². The summed E-state index contributed by atoms with van der Waals surface area (Å²) in [5.41, 5.74) is 6.69. The summed E-state index contributed by atoms with van der Waals surface area (Å²) in [7, 11) is 0. The Bertz CT molecular complexity index is 358. The van der Waals surface area contributed by atoms with Gasteiger partial charge in [0.25, 0.3) is 0 Å². The molecule has 0 atom stereocenters. The molecule has 4 heteroatoms. The molecule has 1 saturated carbocycles. The van der Waals surface area contributed by atoms with Crippen molar-refractivity contribution < 1.29 is 0 Å². The van der Waals surface area contributed by atoms with E-state index in [9.17, 15) is 0 Å². The molecule has 0 aromatic carbocycles. The van der Waals surface area contributed by atoms with Crippen LogP contribution in [0.15, 0.2) is 6.33 Å². The number of aromatic nitrogens is 2. The van der Waals surface area contributed by atoms with Crippen molar-refractivity contribution in [3.63, 3.8) is 0 Å². The minimum Gasteiger partial charge on any atom is -0.383 e. The molecule has 1 fully saturated rings. The molecule has 0 bridgehead atoms. The van der Waals surface area contributed by atoms with Crippen LogP contribution in [-0.2, 0) is 0 Å². The summed E-state index contributed by atoms with van der Waals surface area (Å²) in [6.07, 6.45) is 9.79. The van der Waals surface area contributed by atoms with Gasteiger partial charge in [-0.05, 0) is 25.7 Å². The van der Waals surface area contributed by atoms with E-state index in [0.717, 1.165) is 23.8 Å². The van der Waals surface area contributed by atoms with Gasteiger partial charge in [-0.15, -0.1) is 0 Å². The zero-order chi connectivity index (χ0) is 12.1. The smallest absolute Gasteiger partial charge is 0.134 e. The van der Waals surface area contributed by atoms with E-state index in [1.807, 2.05) is 6.92 Å². The van der Waals surface area contributed by atoms with Gasteiger partial charge in [-0.1, -0.05) is 25.7 Å². The maximum Gasteiger partial charge on any atom is 0.134 e. The monoisotopic (exact) mass is 234 g/mol. The Labute approximate surface area is 103 Å². The molecule has 0 unspecified atom stereocenters. The van der Waals surface area contributed by atoms with E-state index in [0.29, 0.717) is 5.82 Å². The maximum absolute atomic E-state index is 5.73. The highest BCUT2D eigenvalue weighted by Crippen LogP contribution is 2.28. The van der Waals surface area contributed by atoms with E-state index >= 15 is 0 Å². The maximum atomic E-state index is 5.73. The van der Waals surface area contributed by atoms with Crippen LogP contribution < -0.4 is 11.1 Å². The summed E-state index contributed by atoms with van der Waals surface area (Å²) < 4.78 is 0. The van der Waals surface area contributed by atoms with Gasteiger partial charge in [0, 0.05) is 12.1 Å². The first-order chi connectivity index (χ1) is 8.27. The van der Waals surface area contributed by atoms with Gasteiger partial charge in [0.1, 0.15) is 18.0 Å². The van der Waals surface area contributed by atoms with Crippen molar-refractivity contribution in [3.05, 3.63) is 11.9 Å². The Balaban J connectivity index is 1.72. The quantitative estimate of drug-likeness (QED) is 0.769. The van der Waals surface area contributed by atoms with Crippen LogP contribution in [0.1, 0.15) is 44.1 Å². The molecule has 2 rings (SSSR count). The second kappa shape index (κ2) is 5.84. The molecule has 0 aliphatic heterocycles. The van der Waals surface area contributed by atoms with Crippen LogP contribution >= 0.6 is 0 Å². The van der Waals surface area contributed by atoms with Crippen LogP contribution in [0.3, 0.4) is 0 Å². The lowest BCUT2D eigenvalue weighted by Crippen LogP contribution is -2.08. The van der Waals surface area contributed by atoms with Gasteiger partial charge in [0.15, 0.2) is 0 Å². The van der Waals surface area contributed by atoms with Crippen molar-refractivity contribution in [1.82, 2.24) is 9.97 Å². The SMILES string of the molecule is Cc1c(N)ncnc1NCCCC1CCCC1. The van der Waals surface area contributed by atoms with E-state index < -0.39 is 0 Å². The molecule has 1 heterocycles. The Hall–Kier alpha value is -1.32. The molecule has 1 aliphatic rings.